The van der Waals surface area contributed by atoms with E-state index >= 15 is 0 Å². The van der Waals surface area contributed by atoms with Crippen LogP contribution in [-0.2, 0) is 0 Å². The first-order valence-electron chi connectivity index (χ1n) is 2.73. The van der Waals surface area contributed by atoms with Gasteiger partial charge >= 0.3 is 7.69 Å². The molecule has 0 fully saturated rings. The third kappa shape index (κ3) is 0.651. The van der Waals surface area contributed by atoms with Gasteiger partial charge in [-0.2, -0.15) is 0 Å². The van der Waals surface area contributed by atoms with Gasteiger partial charge in [-0.1, -0.05) is 12.1 Å². The molecule has 0 aromatic heterocycles. The third-order valence-electron chi connectivity index (χ3n) is 1.20. The first kappa shape index (κ1) is 4.73. The second-order valence-corrected chi connectivity index (χ2v) is 1.77. The van der Waals surface area contributed by atoms with Crippen molar-refractivity contribution in [3.05, 3.63) is 24.3 Å². The van der Waals surface area contributed by atoms with Crippen LogP contribution in [0.1, 0.15) is 0 Å². The molecular formula is C6H4BO2. The van der Waals surface area contributed by atoms with E-state index in [9.17, 15) is 0 Å². The highest BCUT2D eigenvalue weighted by molar-refractivity contribution is 6.22. The summed E-state index contributed by atoms with van der Waals surface area (Å²) in [4.78, 5) is 0. The van der Waals surface area contributed by atoms with E-state index in [-0.39, 0.29) is 0 Å². The molecule has 0 spiro atoms. The summed E-state index contributed by atoms with van der Waals surface area (Å²) in [5.74, 6) is 1.51. The van der Waals surface area contributed by atoms with Crippen molar-refractivity contribution in [2.24, 2.45) is 0 Å². The fraction of sp³-hybridized carbons (Fsp3) is 0. The summed E-state index contributed by atoms with van der Waals surface area (Å²) in [5.41, 5.74) is 0. The molecule has 0 bridgehead atoms. The summed E-state index contributed by atoms with van der Waals surface area (Å²) in [6.07, 6.45) is 0. The molecule has 0 amide bonds. The van der Waals surface area contributed by atoms with Gasteiger partial charge in [-0.25, -0.2) is 0 Å². The van der Waals surface area contributed by atoms with Gasteiger partial charge in [0, 0.05) is 6.07 Å². The first-order valence-corrected chi connectivity index (χ1v) is 2.73. The number of hydrogen-bond acceptors (Lipinski definition) is 2. The van der Waals surface area contributed by atoms with Crippen molar-refractivity contribution >= 4 is 7.69 Å². The molecule has 1 heterocycles. The number of rotatable bonds is 0. The maximum absolute atomic E-state index is 5.04. The number of para-hydroxylation sites is 1. The monoisotopic (exact) mass is 119 g/mol. The summed E-state index contributed by atoms with van der Waals surface area (Å²) in [6.45, 7) is 0. The van der Waals surface area contributed by atoms with Gasteiger partial charge in [0.05, 0.1) is 0 Å². The number of fused-ring (bicyclic) bond motifs is 1. The van der Waals surface area contributed by atoms with Crippen molar-refractivity contribution in [1.82, 2.24) is 0 Å². The zero-order chi connectivity index (χ0) is 6.10. The smallest absolute Gasteiger partial charge is 0.526 e. The van der Waals surface area contributed by atoms with Crippen LogP contribution in [0.2, 0.25) is 0 Å². The van der Waals surface area contributed by atoms with Crippen LogP contribution < -0.4 is 9.31 Å². The van der Waals surface area contributed by atoms with Gasteiger partial charge in [0.1, 0.15) is 5.75 Å². The predicted octanol–water partition coefficient (Wildman–Crippen LogP) is 0.524. The number of hydrogen-bond donors (Lipinski definition) is 0. The highest BCUT2D eigenvalue weighted by Gasteiger charge is 2.12. The Hall–Kier alpha value is -1.12. The summed E-state index contributed by atoms with van der Waals surface area (Å²) in [5, 5.41) is 0. The Morgan fingerprint density at radius 3 is 3.33 bits per heavy atom. The minimum Gasteiger partial charge on any atom is -0.526 e. The van der Waals surface area contributed by atoms with E-state index in [1.807, 2.05) is 12.1 Å². The van der Waals surface area contributed by atoms with Crippen LogP contribution in [0.5, 0.6) is 11.5 Å². The van der Waals surface area contributed by atoms with Gasteiger partial charge < -0.3 is 9.31 Å². The molecule has 9 heavy (non-hydrogen) atoms. The van der Waals surface area contributed by atoms with Crippen molar-refractivity contribution in [3.8, 4) is 11.5 Å². The van der Waals surface area contributed by atoms with Gasteiger partial charge in [0.25, 0.3) is 0 Å². The molecule has 3 heteroatoms. The van der Waals surface area contributed by atoms with Gasteiger partial charge in [-0.3, -0.25) is 0 Å². The van der Waals surface area contributed by atoms with Gasteiger partial charge in [-0.05, 0) is 6.07 Å². The zero-order valence-electron chi connectivity index (χ0n) is 4.76. The van der Waals surface area contributed by atoms with E-state index in [2.05, 4.69) is 6.07 Å². The number of benzene rings is 1. The average molecular weight is 119 g/mol. The normalized spacial score (nSPS) is 12.9. The molecule has 2 rings (SSSR count). The zero-order valence-corrected chi connectivity index (χ0v) is 4.76. The third-order valence-corrected chi connectivity index (χ3v) is 1.20. The van der Waals surface area contributed by atoms with Gasteiger partial charge in [-0.15, -0.1) is 0 Å². The van der Waals surface area contributed by atoms with Crippen LogP contribution in [0.4, 0.5) is 0 Å². The van der Waals surface area contributed by atoms with Crippen LogP contribution in [-0.4, -0.2) is 7.69 Å². The van der Waals surface area contributed by atoms with Crippen LogP contribution in [0, 0.1) is 6.07 Å². The van der Waals surface area contributed by atoms with E-state index in [0.717, 1.165) is 11.5 Å². The molecule has 43 valence electrons. The predicted molar refractivity (Wildman–Crippen MR) is 33.7 cm³/mol. The Morgan fingerprint density at radius 2 is 2.44 bits per heavy atom. The van der Waals surface area contributed by atoms with E-state index in [1.165, 1.54) is 0 Å². The second-order valence-electron chi connectivity index (χ2n) is 1.77. The van der Waals surface area contributed by atoms with Gasteiger partial charge in [0.2, 0.25) is 0 Å². The maximum atomic E-state index is 5.04. The maximum Gasteiger partial charge on any atom is 0.576 e. The summed E-state index contributed by atoms with van der Waals surface area (Å²) in [7, 11) is 0.329. The molecular weight excluding hydrogens is 115 g/mol. The first-order chi connectivity index (χ1) is 4.47. The topological polar surface area (TPSA) is 18.5 Å². The molecule has 1 aromatic rings. The molecule has 0 atom stereocenters. The minimum absolute atomic E-state index is 0.329. The Labute approximate surface area is 53.7 Å². The molecule has 0 saturated heterocycles. The fourth-order valence-corrected chi connectivity index (χ4v) is 0.784. The lowest BCUT2D eigenvalue weighted by atomic mass is 10.3. The van der Waals surface area contributed by atoms with Crippen molar-refractivity contribution < 1.29 is 9.31 Å². The summed E-state index contributed by atoms with van der Waals surface area (Å²) in [6, 6.07) is 8.43. The van der Waals surface area contributed by atoms with E-state index in [0.29, 0.717) is 7.69 Å². The lowest BCUT2D eigenvalue weighted by Crippen LogP contribution is -1.99. The molecule has 2 nitrogen and oxygen atoms in total. The van der Waals surface area contributed by atoms with E-state index in [1.54, 1.807) is 6.07 Å². The molecule has 1 aliphatic rings. The molecule has 0 aliphatic carbocycles. The second kappa shape index (κ2) is 1.69. The minimum atomic E-state index is 0.329. The average Bonchev–Trinajstić information content (AvgIpc) is 2.33. The Morgan fingerprint density at radius 1 is 1.44 bits per heavy atom. The highest BCUT2D eigenvalue weighted by Crippen LogP contribution is 2.28. The lowest BCUT2D eigenvalue weighted by Gasteiger charge is -1.91. The Kier molecular flexibility index (Phi) is 0.888. The molecule has 0 N–H and O–H groups in total. The van der Waals surface area contributed by atoms with Crippen molar-refractivity contribution in [1.29, 1.82) is 0 Å². The molecule has 0 unspecified atom stereocenters. The standard InChI is InChI=1S/C6H4BO2/c1-2-4-6-5(3-1)8-7-9-6/h1-3,7H. The summed E-state index contributed by atoms with van der Waals surface area (Å²) >= 11 is 0. The largest absolute Gasteiger partial charge is 0.576 e. The Bertz CT molecular complexity index is 201. The van der Waals surface area contributed by atoms with Crippen LogP contribution in [0.3, 0.4) is 0 Å². The molecule has 0 saturated carbocycles. The molecule has 1 aromatic carbocycles. The van der Waals surface area contributed by atoms with E-state index in [4.69, 9.17) is 9.31 Å². The quantitative estimate of drug-likeness (QED) is 0.463. The van der Waals surface area contributed by atoms with Crippen LogP contribution >= 0.6 is 0 Å². The van der Waals surface area contributed by atoms with Crippen LogP contribution in [0.25, 0.3) is 0 Å². The van der Waals surface area contributed by atoms with Crippen molar-refractivity contribution in [2.45, 2.75) is 0 Å². The fourth-order valence-electron chi connectivity index (χ4n) is 0.784. The van der Waals surface area contributed by atoms with Crippen LogP contribution in [0.15, 0.2) is 18.2 Å². The van der Waals surface area contributed by atoms with E-state index < -0.39 is 0 Å². The van der Waals surface area contributed by atoms with Crippen molar-refractivity contribution in [3.63, 3.8) is 0 Å². The van der Waals surface area contributed by atoms with Crippen molar-refractivity contribution in [2.75, 3.05) is 0 Å². The molecule has 1 radical (unpaired) electrons. The summed E-state index contributed by atoms with van der Waals surface area (Å²) < 4.78 is 10.1. The highest BCUT2D eigenvalue weighted by atomic mass is 16.6. The SMILES string of the molecule is B1Oc2[c]cccc2O1. The lowest BCUT2D eigenvalue weighted by molar-refractivity contribution is 0.541. The molecule has 1 aliphatic heterocycles. The van der Waals surface area contributed by atoms with Gasteiger partial charge in [0.15, 0.2) is 5.75 Å². The Balaban J connectivity index is 2.54.